The van der Waals surface area contributed by atoms with Crippen LogP contribution in [-0.2, 0) is 0 Å². The highest BCUT2D eigenvalue weighted by Crippen LogP contribution is 2.24. The van der Waals surface area contributed by atoms with Gasteiger partial charge in [-0.3, -0.25) is 0 Å². The second-order valence-electron chi connectivity index (χ2n) is 4.05. The maximum Gasteiger partial charge on any atom is 0.144 e. The minimum Gasteiger partial charge on any atom is -0.369 e. The molecule has 0 fully saturated rings. The Hall–Kier alpha value is -2.34. The Labute approximate surface area is 107 Å². The van der Waals surface area contributed by atoms with Crippen molar-refractivity contribution in [3.63, 3.8) is 0 Å². The second kappa shape index (κ2) is 5.33. The van der Waals surface area contributed by atoms with Crippen LogP contribution in [0.1, 0.15) is 18.1 Å². The van der Waals surface area contributed by atoms with E-state index < -0.39 is 0 Å². The van der Waals surface area contributed by atoms with Crippen molar-refractivity contribution in [1.82, 2.24) is 4.98 Å². The molecule has 0 bridgehead atoms. The Morgan fingerprint density at radius 2 is 2.00 bits per heavy atom. The van der Waals surface area contributed by atoms with Gasteiger partial charge in [0.1, 0.15) is 11.9 Å². The van der Waals surface area contributed by atoms with Crippen molar-refractivity contribution in [2.24, 2.45) is 0 Å². The lowest BCUT2D eigenvalue weighted by atomic mass is 10.0. The van der Waals surface area contributed by atoms with Crippen molar-refractivity contribution in [3.05, 3.63) is 47.5 Å². The molecule has 2 rings (SSSR count). The second-order valence-corrected chi connectivity index (χ2v) is 4.05. The summed E-state index contributed by atoms with van der Waals surface area (Å²) in [5.74, 6) is 0.653. The fourth-order valence-corrected chi connectivity index (χ4v) is 1.86. The van der Waals surface area contributed by atoms with Crippen molar-refractivity contribution in [2.45, 2.75) is 13.8 Å². The molecule has 1 N–H and O–H groups in total. The van der Waals surface area contributed by atoms with E-state index in [1.165, 1.54) is 5.56 Å². The average molecular weight is 237 g/mol. The standard InChI is InChI=1S/C15H15N3/c1-3-17-15-12(10-16)8-9-14(18-15)13-7-5-4-6-11(13)2/h4-9H,3H2,1-2H3,(H,17,18). The maximum atomic E-state index is 9.03. The number of anilines is 1. The summed E-state index contributed by atoms with van der Waals surface area (Å²) in [6.07, 6.45) is 0. The van der Waals surface area contributed by atoms with Crippen molar-refractivity contribution in [1.29, 1.82) is 5.26 Å². The van der Waals surface area contributed by atoms with Crippen LogP contribution in [0, 0.1) is 18.3 Å². The molecule has 0 saturated heterocycles. The molecule has 0 unspecified atom stereocenters. The predicted molar refractivity (Wildman–Crippen MR) is 73.3 cm³/mol. The molecule has 0 atom stereocenters. The summed E-state index contributed by atoms with van der Waals surface area (Å²) in [5.41, 5.74) is 3.75. The van der Waals surface area contributed by atoms with Gasteiger partial charge in [0.05, 0.1) is 11.3 Å². The molecule has 0 saturated carbocycles. The van der Waals surface area contributed by atoms with Crippen LogP contribution in [0.2, 0.25) is 0 Å². The largest absolute Gasteiger partial charge is 0.369 e. The van der Waals surface area contributed by atoms with Gasteiger partial charge >= 0.3 is 0 Å². The number of pyridine rings is 1. The highest BCUT2D eigenvalue weighted by atomic mass is 15.0. The summed E-state index contributed by atoms with van der Waals surface area (Å²) in [5, 5.41) is 12.2. The first-order valence-corrected chi connectivity index (χ1v) is 5.97. The van der Waals surface area contributed by atoms with E-state index in [-0.39, 0.29) is 0 Å². The van der Waals surface area contributed by atoms with Crippen molar-refractivity contribution >= 4 is 5.82 Å². The van der Waals surface area contributed by atoms with Crippen LogP contribution in [0.25, 0.3) is 11.3 Å². The number of hydrogen-bond donors (Lipinski definition) is 1. The Morgan fingerprint density at radius 1 is 1.22 bits per heavy atom. The van der Waals surface area contributed by atoms with Gasteiger partial charge in [-0.1, -0.05) is 24.3 Å². The summed E-state index contributed by atoms with van der Waals surface area (Å²) in [7, 11) is 0. The number of hydrogen-bond acceptors (Lipinski definition) is 3. The lowest BCUT2D eigenvalue weighted by Crippen LogP contribution is -2.02. The first-order valence-electron chi connectivity index (χ1n) is 5.97. The number of aromatic nitrogens is 1. The van der Waals surface area contributed by atoms with E-state index in [4.69, 9.17) is 5.26 Å². The fraction of sp³-hybridized carbons (Fsp3) is 0.200. The van der Waals surface area contributed by atoms with Gasteiger partial charge in [0, 0.05) is 12.1 Å². The van der Waals surface area contributed by atoms with Crippen LogP contribution in [-0.4, -0.2) is 11.5 Å². The number of nitrogens with zero attached hydrogens (tertiary/aromatic N) is 2. The van der Waals surface area contributed by atoms with Gasteiger partial charge in [0.2, 0.25) is 0 Å². The molecular formula is C15H15N3. The number of nitrogens with one attached hydrogen (secondary N) is 1. The average Bonchev–Trinajstić information content (AvgIpc) is 2.40. The minimum absolute atomic E-state index is 0.578. The molecule has 0 spiro atoms. The monoisotopic (exact) mass is 237 g/mol. The van der Waals surface area contributed by atoms with Gasteiger partial charge in [-0.05, 0) is 31.5 Å². The van der Waals surface area contributed by atoms with Crippen LogP contribution < -0.4 is 5.32 Å². The first-order chi connectivity index (χ1) is 8.76. The van der Waals surface area contributed by atoms with E-state index in [1.54, 1.807) is 0 Å². The fourth-order valence-electron chi connectivity index (χ4n) is 1.86. The molecule has 2 aromatic rings. The Morgan fingerprint density at radius 3 is 2.67 bits per heavy atom. The minimum atomic E-state index is 0.578. The molecule has 0 aliphatic heterocycles. The third-order valence-electron chi connectivity index (χ3n) is 2.78. The predicted octanol–water partition coefficient (Wildman–Crippen LogP) is 3.36. The van der Waals surface area contributed by atoms with Crippen LogP contribution in [0.15, 0.2) is 36.4 Å². The molecular weight excluding hydrogens is 222 g/mol. The summed E-state index contributed by atoms with van der Waals surface area (Å²) < 4.78 is 0. The number of nitriles is 1. The van der Waals surface area contributed by atoms with Crippen LogP contribution in [0.5, 0.6) is 0 Å². The number of benzene rings is 1. The van der Waals surface area contributed by atoms with Crippen LogP contribution in [0.4, 0.5) is 5.82 Å². The lowest BCUT2D eigenvalue weighted by Gasteiger charge is -2.09. The highest BCUT2D eigenvalue weighted by Gasteiger charge is 2.07. The molecule has 90 valence electrons. The molecule has 0 amide bonds. The van der Waals surface area contributed by atoms with Crippen LogP contribution >= 0.6 is 0 Å². The van der Waals surface area contributed by atoms with E-state index in [9.17, 15) is 0 Å². The van der Waals surface area contributed by atoms with Crippen molar-refractivity contribution in [2.75, 3.05) is 11.9 Å². The Balaban J connectivity index is 2.51. The maximum absolute atomic E-state index is 9.03. The zero-order valence-electron chi connectivity index (χ0n) is 10.6. The van der Waals surface area contributed by atoms with E-state index in [1.807, 2.05) is 37.3 Å². The number of rotatable bonds is 3. The highest BCUT2D eigenvalue weighted by molar-refractivity contribution is 5.67. The molecule has 18 heavy (non-hydrogen) atoms. The molecule has 3 heteroatoms. The Bertz CT molecular complexity index is 597. The quantitative estimate of drug-likeness (QED) is 0.890. The Kier molecular flexibility index (Phi) is 3.59. The van der Waals surface area contributed by atoms with Gasteiger partial charge in [0.25, 0.3) is 0 Å². The van der Waals surface area contributed by atoms with Gasteiger partial charge in [-0.2, -0.15) is 5.26 Å². The molecule has 1 heterocycles. The molecule has 1 aromatic carbocycles. The van der Waals surface area contributed by atoms with Gasteiger partial charge in [-0.25, -0.2) is 4.98 Å². The zero-order valence-corrected chi connectivity index (χ0v) is 10.6. The molecule has 0 aliphatic carbocycles. The van der Waals surface area contributed by atoms with E-state index in [0.717, 1.165) is 17.8 Å². The SMILES string of the molecule is CCNc1nc(-c2ccccc2C)ccc1C#N. The summed E-state index contributed by atoms with van der Waals surface area (Å²) in [4.78, 5) is 4.53. The molecule has 1 aromatic heterocycles. The smallest absolute Gasteiger partial charge is 0.144 e. The number of aryl methyl sites for hydroxylation is 1. The van der Waals surface area contributed by atoms with Gasteiger partial charge in [-0.15, -0.1) is 0 Å². The summed E-state index contributed by atoms with van der Waals surface area (Å²) in [6.45, 7) is 4.80. The van der Waals surface area contributed by atoms with Gasteiger partial charge < -0.3 is 5.32 Å². The van der Waals surface area contributed by atoms with E-state index in [0.29, 0.717) is 11.4 Å². The van der Waals surface area contributed by atoms with Crippen molar-refractivity contribution in [3.8, 4) is 17.3 Å². The summed E-state index contributed by atoms with van der Waals surface area (Å²) >= 11 is 0. The topological polar surface area (TPSA) is 48.7 Å². The lowest BCUT2D eigenvalue weighted by molar-refractivity contribution is 1.15. The van der Waals surface area contributed by atoms with E-state index in [2.05, 4.69) is 29.4 Å². The normalized spacial score (nSPS) is 9.83. The van der Waals surface area contributed by atoms with E-state index >= 15 is 0 Å². The zero-order chi connectivity index (χ0) is 13.0. The van der Waals surface area contributed by atoms with Gasteiger partial charge in [0.15, 0.2) is 0 Å². The van der Waals surface area contributed by atoms with Crippen LogP contribution in [0.3, 0.4) is 0 Å². The summed E-state index contributed by atoms with van der Waals surface area (Å²) in [6, 6.07) is 14.0. The molecule has 0 aliphatic rings. The van der Waals surface area contributed by atoms with Crippen molar-refractivity contribution < 1.29 is 0 Å². The molecule has 0 radical (unpaired) electrons. The molecule has 3 nitrogen and oxygen atoms in total. The third-order valence-corrected chi connectivity index (χ3v) is 2.78. The first kappa shape index (κ1) is 12.1. The third kappa shape index (κ3) is 2.33.